The average molecular weight is 256 g/mol. The van der Waals surface area contributed by atoms with Gasteiger partial charge in [0, 0.05) is 0 Å². The van der Waals surface area contributed by atoms with Gasteiger partial charge < -0.3 is 5.11 Å². The van der Waals surface area contributed by atoms with Gasteiger partial charge in [-0.2, -0.15) is 0 Å². The zero-order chi connectivity index (χ0) is 14.3. The fourth-order valence-corrected chi connectivity index (χ4v) is 2.99. The van der Waals surface area contributed by atoms with Crippen LogP contribution in [0.2, 0.25) is 0 Å². The minimum atomic E-state index is -0.630. The van der Waals surface area contributed by atoms with Gasteiger partial charge in [-0.1, -0.05) is 60.8 Å². The predicted molar refractivity (Wildman–Crippen MR) is 77.7 cm³/mol. The smallest absolute Gasteiger partial charge is 0.306 e. The molecule has 0 bridgehead atoms. The van der Waals surface area contributed by atoms with E-state index in [1.165, 1.54) is 12.8 Å². The van der Waals surface area contributed by atoms with Crippen LogP contribution in [0.3, 0.4) is 0 Å². The Kier molecular flexibility index (Phi) is 7.58. The van der Waals surface area contributed by atoms with Crippen LogP contribution in [0.15, 0.2) is 0 Å². The van der Waals surface area contributed by atoms with Crippen LogP contribution in [0.25, 0.3) is 0 Å². The number of rotatable bonds is 9. The molecule has 0 amide bonds. The van der Waals surface area contributed by atoms with Gasteiger partial charge in [0.05, 0.1) is 5.92 Å². The number of hydrogen-bond donors (Lipinski definition) is 1. The minimum Gasteiger partial charge on any atom is -0.481 e. The van der Waals surface area contributed by atoms with Gasteiger partial charge in [-0.05, 0) is 30.1 Å². The molecule has 108 valence electrons. The van der Waals surface area contributed by atoms with Gasteiger partial charge >= 0.3 is 5.97 Å². The first-order valence-electron chi connectivity index (χ1n) is 7.53. The van der Waals surface area contributed by atoms with Crippen LogP contribution in [-0.4, -0.2) is 11.1 Å². The molecular formula is C16H32O2. The van der Waals surface area contributed by atoms with Crippen LogP contribution in [0, 0.1) is 23.2 Å². The fourth-order valence-electron chi connectivity index (χ4n) is 2.99. The summed E-state index contributed by atoms with van der Waals surface area (Å²) in [5, 5.41) is 9.23. The Morgan fingerprint density at radius 1 is 1.17 bits per heavy atom. The Balaban J connectivity index is 4.78. The van der Waals surface area contributed by atoms with E-state index < -0.39 is 5.97 Å². The molecule has 0 radical (unpaired) electrons. The van der Waals surface area contributed by atoms with E-state index in [4.69, 9.17) is 0 Å². The summed E-state index contributed by atoms with van der Waals surface area (Å²) in [6, 6.07) is 0. The molecule has 0 rings (SSSR count). The van der Waals surface area contributed by atoms with E-state index in [2.05, 4.69) is 34.6 Å². The van der Waals surface area contributed by atoms with Gasteiger partial charge in [0.1, 0.15) is 0 Å². The fraction of sp³-hybridized carbons (Fsp3) is 0.938. The summed E-state index contributed by atoms with van der Waals surface area (Å²) in [6.07, 6.45) is 5.07. The highest BCUT2D eigenvalue weighted by atomic mass is 16.4. The van der Waals surface area contributed by atoms with Crippen LogP contribution in [0.1, 0.15) is 73.6 Å². The van der Waals surface area contributed by atoms with Gasteiger partial charge in [0.25, 0.3) is 0 Å². The SMILES string of the molecule is CCCC(C)C(C)(C)C(CC)CC(CC)C(=O)O. The lowest BCUT2D eigenvalue weighted by atomic mass is 9.65. The van der Waals surface area contributed by atoms with Crippen molar-refractivity contribution < 1.29 is 9.90 Å². The number of carboxylic acid groups (broad SMARTS) is 1. The van der Waals surface area contributed by atoms with Gasteiger partial charge in [0.2, 0.25) is 0 Å². The van der Waals surface area contributed by atoms with Crippen LogP contribution >= 0.6 is 0 Å². The maximum Gasteiger partial charge on any atom is 0.306 e. The molecule has 0 saturated heterocycles. The van der Waals surface area contributed by atoms with E-state index in [-0.39, 0.29) is 11.3 Å². The zero-order valence-electron chi connectivity index (χ0n) is 13.1. The van der Waals surface area contributed by atoms with Gasteiger partial charge in [0.15, 0.2) is 0 Å². The van der Waals surface area contributed by atoms with Crippen LogP contribution < -0.4 is 0 Å². The third-order valence-electron chi connectivity index (χ3n) is 4.95. The number of hydrogen-bond acceptors (Lipinski definition) is 1. The van der Waals surface area contributed by atoms with Gasteiger partial charge in [-0.3, -0.25) is 4.79 Å². The summed E-state index contributed by atoms with van der Waals surface area (Å²) >= 11 is 0. The molecule has 0 aromatic carbocycles. The summed E-state index contributed by atoms with van der Waals surface area (Å²) in [5.41, 5.74) is 0.230. The molecule has 1 N–H and O–H groups in total. The van der Waals surface area contributed by atoms with Gasteiger partial charge in [-0.15, -0.1) is 0 Å². The largest absolute Gasteiger partial charge is 0.481 e. The molecule has 0 heterocycles. The van der Waals surface area contributed by atoms with Crippen molar-refractivity contribution in [2.24, 2.45) is 23.2 Å². The molecule has 0 spiro atoms. The van der Waals surface area contributed by atoms with Crippen molar-refractivity contribution in [2.45, 2.75) is 73.6 Å². The van der Waals surface area contributed by atoms with Crippen molar-refractivity contribution >= 4 is 5.97 Å². The normalized spacial score (nSPS) is 17.2. The van der Waals surface area contributed by atoms with Crippen LogP contribution in [0.5, 0.6) is 0 Å². The molecular weight excluding hydrogens is 224 g/mol. The summed E-state index contributed by atoms with van der Waals surface area (Å²) in [6.45, 7) is 13.3. The summed E-state index contributed by atoms with van der Waals surface area (Å²) in [5.74, 6) is 0.344. The first kappa shape index (κ1) is 17.5. The first-order valence-corrected chi connectivity index (χ1v) is 7.53. The third-order valence-corrected chi connectivity index (χ3v) is 4.95. The molecule has 3 unspecified atom stereocenters. The van der Waals surface area contributed by atoms with Gasteiger partial charge in [-0.25, -0.2) is 0 Å². The van der Waals surface area contributed by atoms with Crippen molar-refractivity contribution in [3.05, 3.63) is 0 Å². The van der Waals surface area contributed by atoms with Crippen LogP contribution in [-0.2, 0) is 4.79 Å². The van der Waals surface area contributed by atoms with E-state index in [1.54, 1.807) is 0 Å². The van der Waals surface area contributed by atoms with Crippen molar-refractivity contribution in [1.29, 1.82) is 0 Å². The topological polar surface area (TPSA) is 37.3 Å². The standard InChI is InChI=1S/C16H32O2/c1-7-10-12(4)16(5,6)14(9-3)11-13(8-2)15(17)18/h12-14H,7-11H2,1-6H3,(H,17,18). The molecule has 2 heteroatoms. The minimum absolute atomic E-state index is 0.178. The predicted octanol–water partition coefficient (Wildman–Crippen LogP) is 4.98. The Bertz CT molecular complexity index is 245. The quantitative estimate of drug-likeness (QED) is 0.632. The molecule has 0 aliphatic heterocycles. The Labute approximate surface area is 113 Å². The van der Waals surface area contributed by atoms with Crippen molar-refractivity contribution in [2.75, 3.05) is 0 Å². The summed E-state index contributed by atoms with van der Waals surface area (Å²) < 4.78 is 0. The lowest BCUT2D eigenvalue weighted by Gasteiger charge is -2.40. The maximum atomic E-state index is 11.2. The van der Waals surface area contributed by atoms with E-state index in [0.717, 1.165) is 19.3 Å². The third kappa shape index (κ3) is 4.62. The maximum absolute atomic E-state index is 11.2. The Hall–Kier alpha value is -0.530. The number of carboxylic acids is 1. The van der Waals surface area contributed by atoms with Crippen LogP contribution in [0.4, 0.5) is 0 Å². The van der Waals surface area contributed by atoms with E-state index >= 15 is 0 Å². The monoisotopic (exact) mass is 256 g/mol. The molecule has 0 aliphatic rings. The number of carbonyl (C=O) groups is 1. The highest BCUT2D eigenvalue weighted by molar-refractivity contribution is 5.69. The second kappa shape index (κ2) is 7.81. The van der Waals surface area contributed by atoms with Crippen molar-refractivity contribution in [3.8, 4) is 0 Å². The van der Waals surface area contributed by atoms with E-state index in [9.17, 15) is 9.90 Å². The highest BCUT2D eigenvalue weighted by Crippen LogP contribution is 2.42. The lowest BCUT2D eigenvalue weighted by Crippen LogP contribution is -2.33. The van der Waals surface area contributed by atoms with Crippen molar-refractivity contribution in [3.63, 3.8) is 0 Å². The molecule has 0 aromatic heterocycles. The summed E-state index contributed by atoms with van der Waals surface area (Å²) in [7, 11) is 0. The molecule has 3 atom stereocenters. The Morgan fingerprint density at radius 3 is 2.06 bits per heavy atom. The Morgan fingerprint density at radius 2 is 1.72 bits per heavy atom. The second-order valence-electron chi connectivity index (χ2n) is 6.30. The first-order chi connectivity index (χ1) is 8.31. The molecule has 18 heavy (non-hydrogen) atoms. The zero-order valence-corrected chi connectivity index (χ0v) is 13.1. The van der Waals surface area contributed by atoms with E-state index in [1.807, 2.05) is 6.92 Å². The molecule has 0 fully saturated rings. The van der Waals surface area contributed by atoms with E-state index in [0.29, 0.717) is 11.8 Å². The highest BCUT2D eigenvalue weighted by Gasteiger charge is 2.35. The average Bonchev–Trinajstić information content (AvgIpc) is 2.29. The number of aliphatic carboxylic acids is 1. The second-order valence-corrected chi connectivity index (χ2v) is 6.30. The lowest BCUT2D eigenvalue weighted by molar-refractivity contribution is -0.143. The molecule has 0 aromatic rings. The molecule has 0 saturated carbocycles. The molecule has 0 aliphatic carbocycles. The molecule has 2 nitrogen and oxygen atoms in total. The van der Waals surface area contributed by atoms with Crippen molar-refractivity contribution in [1.82, 2.24) is 0 Å². The summed E-state index contributed by atoms with van der Waals surface area (Å²) in [4.78, 5) is 11.2.